The minimum Gasteiger partial charge on any atom is -0.497 e. The molecule has 0 fully saturated rings. The number of hydrogen-bond donors (Lipinski definition) is 1. The Morgan fingerprint density at radius 3 is 2.27 bits per heavy atom. The highest BCUT2D eigenvalue weighted by molar-refractivity contribution is 5.67. The summed E-state index contributed by atoms with van der Waals surface area (Å²) in [6.07, 6.45) is 0.539. The zero-order valence-corrected chi connectivity index (χ0v) is 15.1. The fraction of sp³-hybridized carbons (Fsp3) is 0.350. The lowest BCUT2D eigenvalue weighted by molar-refractivity contribution is -0.136. The molecule has 0 heterocycles. The van der Waals surface area contributed by atoms with Gasteiger partial charge in [-0.15, -0.1) is 0 Å². The topological polar surface area (TPSA) is 74.2 Å². The lowest BCUT2D eigenvalue weighted by Crippen LogP contribution is -2.10. The number of carboxylic acids is 1. The molecule has 1 N–H and O–H groups in total. The van der Waals surface area contributed by atoms with E-state index in [1.165, 1.54) is 0 Å². The molecule has 0 atom stereocenters. The predicted octanol–water partition coefficient (Wildman–Crippen LogP) is 3.57. The third-order valence-electron chi connectivity index (χ3n) is 3.60. The first kappa shape index (κ1) is 19.4. The molecule has 0 amide bonds. The molecule has 26 heavy (non-hydrogen) atoms. The van der Waals surface area contributed by atoms with E-state index in [1.54, 1.807) is 13.2 Å². The summed E-state index contributed by atoms with van der Waals surface area (Å²) in [7, 11) is 1.62. The number of carboxylic acid groups (broad SMARTS) is 1. The van der Waals surface area contributed by atoms with Gasteiger partial charge in [-0.05, 0) is 55.3 Å². The molecule has 140 valence electrons. The Hall–Kier alpha value is -2.89. The Kier molecular flexibility index (Phi) is 7.61. The van der Waals surface area contributed by atoms with Crippen LogP contribution in [-0.2, 0) is 11.2 Å². The number of hydrogen-bond acceptors (Lipinski definition) is 5. The maximum atomic E-state index is 10.7. The van der Waals surface area contributed by atoms with Crippen molar-refractivity contribution >= 4 is 5.97 Å². The molecule has 0 spiro atoms. The summed E-state index contributed by atoms with van der Waals surface area (Å²) < 4.78 is 22.1. The lowest BCUT2D eigenvalue weighted by Gasteiger charge is -2.14. The van der Waals surface area contributed by atoms with Crippen LogP contribution in [0.5, 0.6) is 23.0 Å². The molecular weight excluding hydrogens is 336 g/mol. The zero-order valence-electron chi connectivity index (χ0n) is 15.1. The summed E-state index contributed by atoms with van der Waals surface area (Å²) in [5, 5.41) is 8.79. The van der Waals surface area contributed by atoms with Crippen molar-refractivity contribution in [2.24, 2.45) is 0 Å². The van der Waals surface area contributed by atoms with Gasteiger partial charge in [-0.1, -0.05) is 6.07 Å². The molecule has 0 saturated heterocycles. The molecule has 0 aliphatic carbocycles. The maximum absolute atomic E-state index is 10.7. The Labute approximate surface area is 153 Å². The first-order chi connectivity index (χ1) is 12.6. The van der Waals surface area contributed by atoms with Crippen LogP contribution in [0.25, 0.3) is 0 Å². The van der Waals surface area contributed by atoms with Crippen molar-refractivity contribution in [2.75, 3.05) is 26.9 Å². The van der Waals surface area contributed by atoms with Crippen molar-refractivity contribution in [1.82, 2.24) is 0 Å². The molecule has 6 nitrogen and oxygen atoms in total. The van der Waals surface area contributed by atoms with E-state index < -0.39 is 5.97 Å². The van der Waals surface area contributed by atoms with Crippen molar-refractivity contribution in [3.63, 3.8) is 0 Å². The molecule has 0 radical (unpaired) electrons. The molecule has 2 aromatic carbocycles. The van der Waals surface area contributed by atoms with Crippen LogP contribution < -0.4 is 18.9 Å². The van der Waals surface area contributed by atoms with Crippen molar-refractivity contribution in [3.05, 3.63) is 48.0 Å². The van der Waals surface area contributed by atoms with Gasteiger partial charge in [0.05, 0.1) is 13.7 Å². The van der Waals surface area contributed by atoms with Gasteiger partial charge in [-0.2, -0.15) is 0 Å². The third kappa shape index (κ3) is 6.20. The van der Waals surface area contributed by atoms with Crippen LogP contribution >= 0.6 is 0 Å². The molecule has 0 aliphatic heterocycles. The molecule has 2 aromatic rings. The highest BCUT2D eigenvalue weighted by Gasteiger charge is 2.08. The number of aryl methyl sites for hydroxylation is 1. The first-order valence-electron chi connectivity index (χ1n) is 8.49. The summed E-state index contributed by atoms with van der Waals surface area (Å²) in [4.78, 5) is 10.7. The van der Waals surface area contributed by atoms with E-state index in [0.29, 0.717) is 37.7 Å². The first-order valence-corrected chi connectivity index (χ1v) is 8.49. The Morgan fingerprint density at radius 1 is 0.923 bits per heavy atom. The van der Waals surface area contributed by atoms with Gasteiger partial charge in [0.15, 0.2) is 11.5 Å². The smallest absolute Gasteiger partial charge is 0.303 e. The van der Waals surface area contributed by atoms with Crippen molar-refractivity contribution in [2.45, 2.75) is 19.8 Å². The van der Waals surface area contributed by atoms with Crippen LogP contribution in [0.4, 0.5) is 0 Å². The van der Waals surface area contributed by atoms with Gasteiger partial charge in [-0.3, -0.25) is 4.79 Å². The normalized spacial score (nSPS) is 10.2. The van der Waals surface area contributed by atoms with Gasteiger partial charge < -0.3 is 24.1 Å². The van der Waals surface area contributed by atoms with Gasteiger partial charge in [0.25, 0.3) is 0 Å². The van der Waals surface area contributed by atoms with E-state index in [0.717, 1.165) is 17.1 Å². The fourth-order valence-electron chi connectivity index (χ4n) is 2.33. The van der Waals surface area contributed by atoms with Crippen LogP contribution in [0.3, 0.4) is 0 Å². The van der Waals surface area contributed by atoms with E-state index in [2.05, 4.69) is 0 Å². The van der Waals surface area contributed by atoms with Gasteiger partial charge >= 0.3 is 5.97 Å². The van der Waals surface area contributed by atoms with E-state index in [1.807, 2.05) is 43.3 Å². The standard InChI is InChI=1S/C20H24O6/c1-3-24-19-14-15(5-11-20(21)22)4-10-18(19)26-13-12-25-17-8-6-16(23-2)7-9-17/h4,6-10,14H,3,5,11-13H2,1-2H3,(H,21,22). The average Bonchev–Trinajstić information content (AvgIpc) is 2.65. The van der Waals surface area contributed by atoms with Crippen LogP contribution in [0.2, 0.25) is 0 Å². The summed E-state index contributed by atoms with van der Waals surface area (Å²) in [5.74, 6) is 1.92. The molecule has 0 aliphatic rings. The zero-order chi connectivity index (χ0) is 18.8. The van der Waals surface area contributed by atoms with E-state index in [4.69, 9.17) is 24.1 Å². The van der Waals surface area contributed by atoms with E-state index >= 15 is 0 Å². The quantitative estimate of drug-likeness (QED) is 0.618. The minimum absolute atomic E-state index is 0.0848. The highest BCUT2D eigenvalue weighted by Crippen LogP contribution is 2.29. The average molecular weight is 360 g/mol. The second-order valence-electron chi connectivity index (χ2n) is 5.48. The number of aliphatic carboxylic acids is 1. The van der Waals surface area contributed by atoms with Crippen LogP contribution in [0.1, 0.15) is 18.9 Å². The minimum atomic E-state index is -0.820. The second-order valence-corrected chi connectivity index (χ2v) is 5.48. The monoisotopic (exact) mass is 360 g/mol. The molecule has 2 rings (SSSR count). The molecule has 0 aromatic heterocycles. The fourth-order valence-corrected chi connectivity index (χ4v) is 2.33. The largest absolute Gasteiger partial charge is 0.497 e. The second kappa shape index (κ2) is 10.2. The van der Waals surface area contributed by atoms with Gasteiger partial charge in [0, 0.05) is 6.42 Å². The maximum Gasteiger partial charge on any atom is 0.303 e. The Balaban J connectivity index is 1.87. The number of benzene rings is 2. The lowest BCUT2D eigenvalue weighted by atomic mass is 10.1. The summed E-state index contributed by atoms with van der Waals surface area (Å²) >= 11 is 0. The number of rotatable bonds is 11. The van der Waals surface area contributed by atoms with Crippen LogP contribution in [0, 0.1) is 0 Å². The Morgan fingerprint density at radius 2 is 1.62 bits per heavy atom. The number of carbonyl (C=O) groups is 1. The molecule has 0 unspecified atom stereocenters. The molecule has 6 heteroatoms. The van der Waals surface area contributed by atoms with Gasteiger partial charge in [0.2, 0.25) is 0 Å². The number of methoxy groups -OCH3 is 1. The third-order valence-corrected chi connectivity index (χ3v) is 3.60. The van der Waals surface area contributed by atoms with Crippen LogP contribution in [-0.4, -0.2) is 38.0 Å². The molecular formula is C20H24O6. The summed E-state index contributed by atoms with van der Waals surface area (Å²) in [5.41, 5.74) is 0.901. The highest BCUT2D eigenvalue weighted by atomic mass is 16.5. The molecule has 0 bridgehead atoms. The molecule has 0 saturated carbocycles. The SMILES string of the molecule is CCOc1cc(CCC(=O)O)ccc1OCCOc1ccc(OC)cc1. The Bertz CT molecular complexity index is 696. The van der Waals surface area contributed by atoms with Crippen molar-refractivity contribution in [3.8, 4) is 23.0 Å². The van der Waals surface area contributed by atoms with E-state index in [9.17, 15) is 4.79 Å². The van der Waals surface area contributed by atoms with E-state index in [-0.39, 0.29) is 6.42 Å². The summed E-state index contributed by atoms with van der Waals surface area (Å²) in [6.45, 7) is 3.14. The number of ether oxygens (including phenoxy) is 4. The van der Waals surface area contributed by atoms with Crippen molar-refractivity contribution in [1.29, 1.82) is 0 Å². The van der Waals surface area contributed by atoms with Gasteiger partial charge in [0.1, 0.15) is 24.7 Å². The predicted molar refractivity (Wildman–Crippen MR) is 97.6 cm³/mol. The van der Waals surface area contributed by atoms with Gasteiger partial charge in [-0.25, -0.2) is 0 Å². The summed E-state index contributed by atoms with van der Waals surface area (Å²) in [6, 6.07) is 12.8. The van der Waals surface area contributed by atoms with Crippen molar-refractivity contribution < 1.29 is 28.8 Å². The van der Waals surface area contributed by atoms with Crippen LogP contribution in [0.15, 0.2) is 42.5 Å².